The SMILES string of the molecule is Cc1cccc2c(=O)c(C(=O)NCC(=O)O)c(O)sc12. The summed E-state index contributed by atoms with van der Waals surface area (Å²) in [5.74, 6) is -2.12. The molecule has 1 aromatic carbocycles. The number of carboxylic acids is 1. The zero-order valence-electron chi connectivity index (χ0n) is 10.5. The van der Waals surface area contributed by atoms with Crippen LogP contribution in [-0.4, -0.2) is 28.6 Å². The molecule has 0 aliphatic heterocycles. The molecule has 0 radical (unpaired) electrons. The molecule has 0 saturated carbocycles. The number of rotatable bonds is 3. The van der Waals surface area contributed by atoms with Gasteiger partial charge in [-0.15, -0.1) is 0 Å². The number of carboxylic acid groups (broad SMARTS) is 1. The van der Waals surface area contributed by atoms with Crippen LogP contribution in [0.4, 0.5) is 0 Å². The first-order valence-corrected chi connectivity index (χ1v) is 6.49. The lowest BCUT2D eigenvalue weighted by Crippen LogP contribution is -2.32. The van der Waals surface area contributed by atoms with Crippen molar-refractivity contribution in [2.75, 3.05) is 6.54 Å². The Kier molecular flexibility index (Phi) is 3.71. The number of benzene rings is 1. The minimum atomic E-state index is -1.23. The fourth-order valence-corrected chi connectivity index (χ4v) is 2.77. The van der Waals surface area contributed by atoms with Crippen molar-refractivity contribution in [2.24, 2.45) is 0 Å². The minimum absolute atomic E-state index is 0.327. The van der Waals surface area contributed by atoms with Crippen LogP contribution >= 0.6 is 11.3 Å². The van der Waals surface area contributed by atoms with E-state index in [1.54, 1.807) is 25.1 Å². The first-order valence-electron chi connectivity index (χ1n) is 5.67. The molecule has 0 aliphatic rings. The Morgan fingerprint density at radius 3 is 2.70 bits per heavy atom. The van der Waals surface area contributed by atoms with Crippen molar-refractivity contribution < 1.29 is 19.8 Å². The summed E-state index contributed by atoms with van der Waals surface area (Å²) in [4.78, 5) is 34.4. The first kappa shape index (κ1) is 14.0. The van der Waals surface area contributed by atoms with Crippen LogP contribution in [0.5, 0.6) is 5.06 Å². The summed E-state index contributed by atoms with van der Waals surface area (Å²) < 4.78 is 0.602. The monoisotopic (exact) mass is 293 g/mol. The van der Waals surface area contributed by atoms with Crippen LogP contribution in [-0.2, 0) is 4.79 Å². The molecule has 0 unspecified atom stereocenters. The number of aromatic hydroxyl groups is 1. The maximum absolute atomic E-state index is 12.2. The smallest absolute Gasteiger partial charge is 0.322 e. The van der Waals surface area contributed by atoms with E-state index in [0.29, 0.717) is 10.1 Å². The molecule has 1 aromatic heterocycles. The molecule has 0 atom stereocenters. The van der Waals surface area contributed by atoms with Crippen molar-refractivity contribution >= 4 is 33.3 Å². The van der Waals surface area contributed by atoms with Crippen molar-refractivity contribution in [3.63, 3.8) is 0 Å². The number of carbonyl (C=O) groups excluding carboxylic acids is 1. The zero-order valence-corrected chi connectivity index (χ0v) is 11.3. The van der Waals surface area contributed by atoms with Crippen molar-refractivity contribution in [2.45, 2.75) is 6.92 Å². The highest BCUT2D eigenvalue weighted by molar-refractivity contribution is 7.20. The molecule has 6 nitrogen and oxygen atoms in total. The standard InChI is InChI=1S/C13H11NO5S/c1-6-3-2-4-7-10(17)9(13(19)20-11(6)7)12(18)14-5-8(15)16/h2-4,19H,5H2,1H3,(H,14,18)(H,15,16). The van der Waals surface area contributed by atoms with E-state index in [1.165, 1.54) is 0 Å². The summed E-state index contributed by atoms with van der Waals surface area (Å²) in [6, 6.07) is 5.04. The number of nitrogens with one attached hydrogen (secondary N) is 1. The van der Waals surface area contributed by atoms with Crippen molar-refractivity contribution in [1.82, 2.24) is 5.32 Å². The van der Waals surface area contributed by atoms with Gasteiger partial charge < -0.3 is 15.5 Å². The van der Waals surface area contributed by atoms with Gasteiger partial charge in [-0.1, -0.05) is 23.5 Å². The van der Waals surface area contributed by atoms with Gasteiger partial charge in [0.1, 0.15) is 12.1 Å². The molecular weight excluding hydrogens is 282 g/mol. The van der Waals surface area contributed by atoms with Gasteiger partial charge in [-0.3, -0.25) is 14.4 Å². The van der Waals surface area contributed by atoms with Crippen LogP contribution < -0.4 is 10.7 Å². The second-order valence-corrected chi connectivity index (χ2v) is 5.14. The van der Waals surface area contributed by atoms with Gasteiger partial charge in [0.15, 0.2) is 5.06 Å². The number of hydrogen-bond acceptors (Lipinski definition) is 5. The number of hydrogen-bond donors (Lipinski definition) is 3. The van der Waals surface area contributed by atoms with Crippen LogP contribution in [0.3, 0.4) is 0 Å². The fraction of sp³-hybridized carbons (Fsp3) is 0.154. The summed E-state index contributed by atoms with van der Waals surface area (Å²) in [6.45, 7) is 1.18. The number of aryl methyl sites for hydroxylation is 1. The second-order valence-electron chi connectivity index (χ2n) is 4.14. The molecule has 0 fully saturated rings. The Bertz CT molecular complexity index is 765. The minimum Gasteiger partial charge on any atom is -0.499 e. The Labute approximate surface area is 117 Å². The Morgan fingerprint density at radius 1 is 1.35 bits per heavy atom. The van der Waals surface area contributed by atoms with E-state index in [4.69, 9.17) is 5.11 Å². The van der Waals surface area contributed by atoms with E-state index in [0.717, 1.165) is 16.9 Å². The van der Waals surface area contributed by atoms with Gasteiger partial charge >= 0.3 is 5.97 Å². The highest BCUT2D eigenvalue weighted by Gasteiger charge is 2.20. The van der Waals surface area contributed by atoms with E-state index < -0.39 is 34.5 Å². The summed E-state index contributed by atoms with van der Waals surface area (Å²) in [7, 11) is 0. The molecule has 0 aliphatic carbocycles. The predicted molar refractivity (Wildman–Crippen MR) is 74.5 cm³/mol. The quantitative estimate of drug-likeness (QED) is 0.786. The van der Waals surface area contributed by atoms with Crippen LogP contribution in [0.1, 0.15) is 15.9 Å². The van der Waals surface area contributed by atoms with Gasteiger partial charge in [0.05, 0.1) is 0 Å². The lowest BCUT2D eigenvalue weighted by Gasteiger charge is -2.06. The normalized spacial score (nSPS) is 10.4. The van der Waals surface area contributed by atoms with Crippen molar-refractivity contribution in [1.29, 1.82) is 0 Å². The molecule has 20 heavy (non-hydrogen) atoms. The van der Waals surface area contributed by atoms with Gasteiger partial charge in [-0.25, -0.2) is 0 Å². The third-order valence-electron chi connectivity index (χ3n) is 2.72. The number of carbonyl (C=O) groups is 2. The highest BCUT2D eigenvalue weighted by atomic mass is 32.1. The van der Waals surface area contributed by atoms with Crippen LogP contribution in [0, 0.1) is 6.92 Å². The Balaban J connectivity index is 2.58. The van der Waals surface area contributed by atoms with E-state index in [1.807, 2.05) is 0 Å². The topological polar surface area (TPSA) is 104 Å². The molecule has 3 N–H and O–H groups in total. The average Bonchev–Trinajstić information content (AvgIpc) is 2.38. The van der Waals surface area contributed by atoms with E-state index >= 15 is 0 Å². The van der Waals surface area contributed by atoms with E-state index in [2.05, 4.69) is 5.32 Å². The molecule has 7 heteroatoms. The summed E-state index contributed by atoms with van der Waals surface area (Å²) >= 11 is 0.919. The third kappa shape index (κ3) is 2.48. The van der Waals surface area contributed by atoms with Crippen LogP contribution in [0.2, 0.25) is 0 Å². The largest absolute Gasteiger partial charge is 0.499 e. The number of aliphatic carboxylic acids is 1. The van der Waals surface area contributed by atoms with Gasteiger partial charge in [-0.05, 0) is 18.6 Å². The molecule has 1 heterocycles. The molecule has 104 valence electrons. The maximum Gasteiger partial charge on any atom is 0.322 e. The van der Waals surface area contributed by atoms with Gasteiger partial charge in [0, 0.05) is 10.1 Å². The summed E-state index contributed by atoms with van der Waals surface area (Å²) in [6.07, 6.45) is 0. The average molecular weight is 293 g/mol. The molecule has 1 amide bonds. The van der Waals surface area contributed by atoms with Crippen LogP contribution in [0.15, 0.2) is 23.0 Å². The first-order chi connectivity index (χ1) is 9.41. The maximum atomic E-state index is 12.2. The molecular formula is C13H11NO5S. The lowest BCUT2D eigenvalue weighted by molar-refractivity contribution is -0.135. The lowest BCUT2D eigenvalue weighted by atomic mass is 10.1. The van der Waals surface area contributed by atoms with E-state index in [9.17, 15) is 19.5 Å². The second kappa shape index (κ2) is 5.30. The van der Waals surface area contributed by atoms with Crippen molar-refractivity contribution in [3.05, 3.63) is 39.5 Å². The summed E-state index contributed by atoms with van der Waals surface area (Å²) in [5, 5.41) is 20.3. The summed E-state index contributed by atoms with van der Waals surface area (Å²) in [5.41, 5.74) is -0.213. The molecule has 0 saturated heterocycles. The molecule has 2 rings (SSSR count). The van der Waals surface area contributed by atoms with E-state index in [-0.39, 0.29) is 0 Å². The molecule has 2 aromatic rings. The predicted octanol–water partition coefficient (Wildman–Crippen LogP) is 1.09. The molecule has 0 spiro atoms. The van der Waals surface area contributed by atoms with Gasteiger partial charge in [0.2, 0.25) is 5.43 Å². The highest BCUT2D eigenvalue weighted by Crippen LogP contribution is 2.29. The van der Waals surface area contributed by atoms with Crippen LogP contribution in [0.25, 0.3) is 10.1 Å². The number of fused-ring (bicyclic) bond motifs is 1. The Morgan fingerprint density at radius 2 is 2.05 bits per heavy atom. The zero-order chi connectivity index (χ0) is 14.9. The van der Waals surface area contributed by atoms with Gasteiger partial charge in [0.25, 0.3) is 5.91 Å². The Hall–Kier alpha value is -2.41. The van der Waals surface area contributed by atoms with Crippen molar-refractivity contribution in [3.8, 4) is 5.06 Å². The fourth-order valence-electron chi connectivity index (χ4n) is 1.79. The van der Waals surface area contributed by atoms with Gasteiger partial charge in [-0.2, -0.15) is 0 Å². The molecule has 0 bridgehead atoms. The third-order valence-corrected chi connectivity index (χ3v) is 3.87. The number of amides is 1.